The number of hydrogen-bond donors (Lipinski definition) is 0. The summed E-state index contributed by atoms with van der Waals surface area (Å²) >= 11 is 0. The molecule has 8 nitrogen and oxygen atoms in total. The Kier molecular flexibility index (Phi) is 24.5. The smallest absolute Gasteiger partial charge is 0.161 e. The van der Waals surface area contributed by atoms with Gasteiger partial charge in [-0.15, -0.1) is 0 Å². The fraction of sp³-hybridized carbons (Fsp3) is 0.312. The van der Waals surface area contributed by atoms with E-state index in [0.717, 1.165) is 26.3 Å². The monoisotopic (exact) mass is 548 g/mol. The largest absolute Gasteiger partial charge is 0.550 e. The molecule has 0 aromatic heterocycles. The minimum Gasteiger partial charge on any atom is -0.550 e. The zero-order valence-electron chi connectivity index (χ0n) is 14.7. The molecule has 0 unspecified atom stereocenters. The molecule has 0 bridgehead atoms. The van der Waals surface area contributed by atoms with Gasteiger partial charge in [0.2, 0.25) is 0 Å². The van der Waals surface area contributed by atoms with Crippen LogP contribution in [0.25, 0.3) is 6.08 Å². The molecule has 5 radical (unpaired) electrons. The van der Waals surface area contributed by atoms with Gasteiger partial charge in [0.05, 0.1) is 14.2 Å². The number of carbonyl (C=O) groups is 3. The molecule has 1 aromatic carbocycles. The first kappa shape index (κ1) is 30.7. The predicted octanol–water partition coefficient (Wildman–Crippen LogP) is -1.96. The van der Waals surface area contributed by atoms with E-state index in [-0.39, 0.29) is 27.3 Å². The summed E-state index contributed by atoms with van der Waals surface area (Å²) in [4.78, 5) is 26.7. The van der Waals surface area contributed by atoms with Crippen LogP contribution in [0.15, 0.2) is 18.2 Å². The summed E-state index contributed by atoms with van der Waals surface area (Å²) in [5.74, 6) is -1.85. The summed E-state index contributed by atoms with van der Waals surface area (Å²) in [7, 11) is 3.20. The number of hydrogen-bond acceptors (Lipinski definition) is 8. The van der Waals surface area contributed by atoms with Crippen molar-refractivity contribution in [1.82, 2.24) is 0 Å². The van der Waals surface area contributed by atoms with Crippen molar-refractivity contribution in [3.8, 4) is 11.5 Å². The van der Waals surface area contributed by atoms with Gasteiger partial charge in [-0.3, -0.25) is 0 Å². The first-order valence-corrected chi connectivity index (χ1v) is 6.31. The number of carboxylic acid groups (broad SMARTS) is 3. The molecule has 9 heteroatoms. The average molecular weight is 548 g/mol. The van der Waals surface area contributed by atoms with Crippen molar-refractivity contribution in [3.63, 3.8) is 0 Å². The van der Waals surface area contributed by atoms with Gasteiger partial charge in [0.15, 0.2) is 11.5 Å². The molecule has 1 rings (SSSR count). The van der Waals surface area contributed by atoms with Crippen molar-refractivity contribution < 1.29 is 39.2 Å². The predicted molar refractivity (Wildman–Crippen MR) is 86.1 cm³/mol. The molecule has 0 N–H and O–H groups in total. The molecule has 0 aliphatic heterocycles. The number of ether oxygens (including phenoxy) is 2. The maximum atomic E-state index is 8.89. The van der Waals surface area contributed by atoms with Gasteiger partial charge in [0, 0.05) is 45.2 Å². The van der Waals surface area contributed by atoms with Crippen molar-refractivity contribution in [1.29, 1.82) is 0 Å². The van der Waals surface area contributed by atoms with Crippen LogP contribution in [0.4, 0.5) is 0 Å². The number of carbonyl (C=O) groups excluding carboxylic acids is 3. The molecule has 0 saturated carbocycles. The fourth-order valence-electron chi connectivity index (χ4n) is 0.956. The van der Waals surface area contributed by atoms with Crippen LogP contribution in [-0.4, -0.2) is 59.4 Å². The van der Waals surface area contributed by atoms with E-state index in [4.69, 9.17) is 45.8 Å². The molecule has 0 atom stereocenters. The van der Waals surface area contributed by atoms with Gasteiger partial charge in [-0.05, 0) is 38.5 Å². The third-order valence-electron chi connectivity index (χ3n) is 1.60. The normalized spacial score (nSPS) is 7.40. The van der Waals surface area contributed by atoms with Gasteiger partial charge < -0.3 is 39.2 Å². The van der Waals surface area contributed by atoms with E-state index in [9.17, 15) is 0 Å². The Labute approximate surface area is 167 Å². The Morgan fingerprint density at radius 1 is 0.880 bits per heavy atom. The summed E-state index contributed by atoms with van der Waals surface area (Å²) < 4.78 is 10.1. The Morgan fingerprint density at radius 2 is 1.20 bits per heavy atom. The van der Waals surface area contributed by atoms with E-state index in [1.807, 2.05) is 18.2 Å². The minimum atomic E-state index is -1.08. The number of methoxy groups -OCH3 is 2. The molecule has 1 aromatic rings. The zero-order valence-corrected chi connectivity index (χ0v) is 18.5. The Bertz CT molecular complexity index is 488. The number of carboxylic acids is 3. The summed E-state index contributed by atoms with van der Waals surface area (Å²) in [5.41, 5.74) is 0.910. The molecule has 0 aliphatic rings. The van der Waals surface area contributed by atoms with Crippen LogP contribution in [0.5, 0.6) is 11.5 Å². The van der Waals surface area contributed by atoms with Crippen LogP contribution in [-0.2, 0) is 14.4 Å². The Morgan fingerprint density at radius 3 is 1.44 bits per heavy atom. The van der Waals surface area contributed by atoms with Crippen LogP contribution in [0, 0.1) is 6.58 Å². The molecule has 0 fully saturated rings. The molecule has 0 spiro atoms. The molecule has 25 heavy (non-hydrogen) atoms. The molecular weight excluding hydrogens is 527 g/mol. The SMILES string of the molecule is CC(=O)[O-].CC(=O)[O-].CC(=O)[O-].[CH]=Cc1ccc(OC)c(OC)c1.[Pb]. The van der Waals surface area contributed by atoms with Gasteiger partial charge in [0.1, 0.15) is 0 Å². The molecule has 0 saturated heterocycles. The third kappa shape index (κ3) is 30.4. The molecule has 0 heterocycles. The number of rotatable bonds is 3. The molecule has 139 valence electrons. The molecule has 0 aliphatic carbocycles. The third-order valence-corrected chi connectivity index (χ3v) is 1.60. The van der Waals surface area contributed by atoms with Crippen LogP contribution in [0.1, 0.15) is 26.3 Å². The van der Waals surface area contributed by atoms with Crippen molar-refractivity contribution in [2.75, 3.05) is 14.2 Å². The van der Waals surface area contributed by atoms with Gasteiger partial charge in [-0.1, -0.05) is 18.7 Å². The van der Waals surface area contributed by atoms with Crippen LogP contribution >= 0.6 is 0 Å². The maximum Gasteiger partial charge on any atom is 0.161 e. The van der Waals surface area contributed by atoms with Crippen molar-refractivity contribution in [3.05, 3.63) is 30.3 Å². The van der Waals surface area contributed by atoms with E-state index in [1.165, 1.54) is 6.08 Å². The van der Waals surface area contributed by atoms with Crippen LogP contribution < -0.4 is 24.8 Å². The standard InChI is InChI=1S/C10H11O2.3C2H4O2.Pb/c1-4-8-5-6-9(11-2)10(7-8)12-3;3*1-2(3)4;/h1,4-7H,2-3H3;3*1H3,(H,3,4);/p-3. The van der Waals surface area contributed by atoms with Crippen molar-refractivity contribution >= 4 is 51.3 Å². The van der Waals surface area contributed by atoms with Gasteiger partial charge in [-0.2, -0.15) is 0 Å². The summed E-state index contributed by atoms with van der Waals surface area (Å²) in [5, 5.41) is 26.7. The summed E-state index contributed by atoms with van der Waals surface area (Å²) in [6.07, 6.45) is 1.52. The number of aliphatic carboxylic acids is 3. The second-order valence-corrected chi connectivity index (χ2v) is 3.76. The average Bonchev–Trinajstić information content (AvgIpc) is 2.44. The van der Waals surface area contributed by atoms with Crippen molar-refractivity contribution in [2.24, 2.45) is 0 Å². The van der Waals surface area contributed by atoms with Gasteiger partial charge in [-0.25, -0.2) is 0 Å². The van der Waals surface area contributed by atoms with E-state index >= 15 is 0 Å². The van der Waals surface area contributed by atoms with E-state index < -0.39 is 17.9 Å². The second kappa shape index (κ2) is 19.9. The maximum absolute atomic E-state index is 8.89. The minimum absolute atomic E-state index is 0. The van der Waals surface area contributed by atoms with E-state index in [0.29, 0.717) is 11.5 Å². The van der Waals surface area contributed by atoms with E-state index in [2.05, 4.69) is 0 Å². The van der Waals surface area contributed by atoms with Crippen LogP contribution in [0.2, 0.25) is 0 Å². The summed E-state index contributed by atoms with van der Waals surface area (Å²) in [6, 6.07) is 5.50. The zero-order chi connectivity index (χ0) is 19.7. The topological polar surface area (TPSA) is 139 Å². The Balaban J connectivity index is -0.000000142. The van der Waals surface area contributed by atoms with Gasteiger partial charge >= 0.3 is 0 Å². The first-order valence-electron chi connectivity index (χ1n) is 6.31. The molecule has 0 amide bonds. The van der Waals surface area contributed by atoms with E-state index in [1.54, 1.807) is 14.2 Å². The van der Waals surface area contributed by atoms with Crippen LogP contribution in [0.3, 0.4) is 0 Å². The van der Waals surface area contributed by atoms with Gasteiger partial charge in [0.25, 0.3) is 0 Å². The first-order chi connectivity index (χ1) is 11.0. The Hall–Kier alpha value is -2.11. The summed E-state index contributed by atoms with van der Waals surface area (Å²) in [6.45, 7) is 8.26. The number of benzene rings is 1. The second-order valence-electron chi connectivity index (χ2n) is 3.76. The van der Waals surface area contributed by atoms with Crippen molar-refractivity contribution in [2.45, 2.75) is 20.8 Å². The quantitative estimate of drug-likeness (QED) is 0.398. The fourth-order valence-corrected chi connectivity index (χ4v) is 0.956. The molecular formula is C16H20O8Pb-3.